The van der Waals surface area contributed by atoms with Crippen LogP contribution in [0.15, 0.2) is 61.4 Å². The maximum absolute atomic E-state index is 14.0. The normalized spacial score (nSPS) is 23.0. The molecule has 1 aromatic carbocycles. The summed E-state index contributed by atoms with van der Waals surface area (Å²) in [6.07, 6.45) is 6.43. The van der Waals surface area contributed by atoms with E-state index in [2.05, 4.69) is 32.4 Å². The highest BCUT2D eigenvalue weighted by molar-refractivity contribution is 7.21. The van der Waals surface area contributed by atoms with E-state index in [1.165, 1.54) is 18.5 Å². The molecule has 2 amide bonds. The van der Waals surface area contributed by atoms with Gasteiger partial charge in [0.15, 0.2) is 5.78 Å². The number of nitrogens with two attached hydrogens (primary N) is 3. The molecule has 2 unspecified atom stereocenters. The zero-order chi connectivity index (χ0) is 29.6. The van der Waals surface area contributed by atoms with E-state index in [0.29, 0.717) is 39.1 Å². The Morgan fingerprint density at radius 1 is 1.14 bits per heavy atom. The van der Waals surface area contributed by atoms with Crippen molar-refractivity contribution in [3.63, 3.8) is 0 Å². The molecule has 0 bridgehead atoms. The van der Waals surface area contributed by atoms with Gasteiger partial charge in [0.05, 0.1) is 27.5 Å². The van der Waals surface area contributed by atoms with Gasteiger partial charge in [-0.05, 0) is 55.2 Å². The molecule has 0 aliphatic heterocycles. The van der Waals surface area contributed by atoms with E-state index in [1.54, 1.807) is 36.4 Å². The monoisotopic (exact) mass is 584 g/mol. The third-order valence-corrected chi connectivity index (χ3v) is 9.03. The van der Waals surface area contributed by atoms with Gasteiger partial charge in [-0.1, -0.05) is 12.6 Å². The Hall–Kier alpha value is -4.72. The number of ketones is 1. The summed E-state index contributed by atoms with van der Waals surface area (Å²) in [6, 6.07) is 8.18. The Balaban J connectivity index is 1.37. The van der Waals surface area contributed by atoms with Gasteiger partial charge in [-0.2, -0.15) is 5.10 Å². The van der Waals surface area contributed by atoms with Gasteiger partial charge in [0, 0.05) is 41.0 Å². The number of amides is 2. The standard InChI is InChI=1S/C29H28N8O4S/c1-2-20(38)35-17-5-3-6-18(17)36-28(40)26-23-22-15(9-10-16(30)25(22)42-26)29(32,27(39)24(23)31)19-11-8-14(13-33-19)41-21-7-4-12-34-37-21/h2,4,7-13,17-18,24H,1,3,5-6,30-32H2,(H,35,38)(H,36,40)/t17-,18+,24?,29?/m0/s1. The Labute approximate surface area is 244 Å². The topological polar surface area (TPSA) is 201 Å². The van der Waals surface area contributed by atoms with Crippen molar-refractivity contribution in [3.8, 4) is 11.6 Å². The van der Waals surface area contributed by atoms with Crippen LogP contribution in [-0.2, 0) is 15.1 Å². The number of nitrogen functional groups attached to an aromatic ring is 1. The first-order chi connectivity index (χ1) is 20.2. The van der Waals surface area contributed by atoms with E-state index >= 15 is 0 Å². The fourth-order valence-corrected chi connectivity index (χ4v) is 6.93. The molecule has 1 fully saturated rings. The maximum atomic E-state index is 14.0. The first kappa shape index (κ1) is 27.4. The van der Waals surface area contributed by atoms with Gasteiger partial charge in [0.2, 0.25) is 11.8 Å². The lowest BCUT2D eigenvalue weighted by Gasteiger charge is -2.35. The largest absolute Gasteiger partial charge is 0.436 e. The lowest BCUT2D eigenvalue weighted by atomic mass is 9.72. The predicted molar refractivity (Wildman–Crippen MR) is 157 cm³/mol. The maximum Gasteiger partial charge on any atom is 0.262 e. The molecule has 1 saturated carbocycles. The summed E-state index contributed by atoms with van der Waals surface area (Å²) in [5.74, 6) is -0.545. The van der Waals surface area contributed by atoms with Crippen LogP contribution in [0.4, 0.5) is 5.69 Å². The van der Waals surface area contributed by atoms with Crippen LogP contribution in [0.1, 0.15) is 51.8 Å². The third kappa shape index (κ3) is 4.47. The fraction of sp³-hybridized carbons (Fsp3) is 0.241. The molecule has 3 heterocycles. The van der Waals surface area contributed by atoms with Crippen molar-refractivity contribution in [2.75, 3.05) is 5.73 Å². The zero-order valence-corrected chi connectivity index (χ0v) is 23.2. The molecular weight excluding hydrogens is 556 g/mol. The van der Waals surface area contributed by atoms with E-state index in [0.717, 1.165) is 24.2 Å². The highest BCUT2D eigenvalue weighted by Gasteiger charge is 2.49. The Bertz CT molecular complexity index is 1730. The second-order valence-corrected chi connectivity index (χ2v) is 11.3. The minimum atomic E-state index is -1.70. The molecule has 0 spiro atoms. The molecule has 2 aliphatic carbocycles. The molecule has 2 aliphatic rings. The Morgan fingerprint density at radius 3 is 2.62 bits per heavy atom. The lowest BCUT2D eigenvalue weighted by Crippen LogP contribution is -2.53. The molecule has 4 atom stereocenters. The fourth-order valence-electron chi connectivity index (χ4n) is 5.73. The number of anilines is 1. The SMILES string of the molecule is C=CC(=O)N[C@H]1CCC[C@H]1NC(=O)c1sc2c(N)ccc3c2c1C(N)C(=O)C3(N)c1ccc(Oc2cccnn2)cn1. The minimum absolute atomic E-state index is 0.232. The number of pyridine rings is 1. The second kappa shape index (κ2) is 10.6. The second-order valence-electron chi connectivity index (χ2n) is 10.3. The minimum Gasteiger partial charge on any atom is -0.436 e. The van der Waals surface area contributed by atoms with E-state index < -0.39 is 23.3 Å². The van der Waals surface area contributed by atoms with Crippen LogP contribution in [0.25, 0.3) is 10.1 Å². The number of nitrogens with one attached hydrogen (secondary N) is 2. The number of ether oxygens (including phenoxy) is 1. The smallest absolute Gasteiger partial charge is 0.262 e. The van der Waals surface area contributed by atoms with E-state index in [1.807, 2.05) is 0 Å². The number of hydrogen-bond donors (Lipinski definition) is 5. The molecule has 0 saturated heterocycles. The van der Waals surface area contributed by atoms with E-state index in [9.17, 15) is 14.4 Å². The molecule has 6 rings (SSSR count). The molecule has 8 N–H and O–H groups in total. The van der Waals surface area contributed by atoms with Crippen molar-refractivity contribution >= 4 is 44.7 Å². The number of Topliss-reactive ketones (excluding diaryl/α,β-unsaturated/α-hetero) is 1. The average molecular weight is 585 g/mol. The van der Waals surface area contributed by atoms with Crippen LogP contribution >= 0.6 is 11.3 Å². The summed E-state index contributed by atoms with van der Waals surface area (Å²) in [5, 5.41) is 14.2. The number of carbonyl (C=O) groups excluding carboxylic acids is 3. The van der Waals surface area contributed by atoms with Crippen LogP contribution in [0.5, 0.6) is 11.6 Å². The van der Waals surface area contributed by atoms with Crippen molar-refractivity contribution in [1.29, 1.82) is 0 Å². The van der Waals surface area contributed by atoms with Crippen LogP contribution in [0, 0.1) is 0 Å². The van der Waals surface area contributed by atoms with E-state index in [4.69, 9.17) is 21.9 Å². The van der Waals surface area contributed by atoms with Gasteiger partial charge < -0.3 is 32.6 Å². The van der Waals surface area contributed by atoms with Gasteiger partial charge in [-0.15, -0.1) is 16.4 Å². The summed E-state index contributed by atoms with van der Waals surface area (Å²) >= 11 is 1.16. The number of aromatic nitrogens is 3. The van der Waals surface area contributed by atoms with Crippen molar-refractivity contribution in [3.05, 3.63) is 83.1 Å². The average Bonchev–Trinajstić information content (AvgIpc) is 3.61. The summed E-state index contributed by atoms with van der Waals surface area (Å²) < 4.78 is 6.28. The predicted octanol–water partition coefficient (Wildman–Crippen LogP) is 2.20. The number of carbonyl (C=O) groups is 3. The quantitative estimate of drug-likeness (QED) is 0.158. The highest BCUT2D eigenvalue weighted by atomic mass is 32.1. The first-order valence-electron chi connectivity index (χ1n) is 13.3. The zero-order valence-electron chi connectivity index (χ0n) is 22.4. The number of rotatable bonds is 7. The molecule has 4 aromatic rings. The summed E-state index contributed by atoms with van der Waals surface area (Å²) in [4.78, 5) is 44.3. The number of hydrogen-bond acceptors (Lipinski definition) is 11. The highest BCUT2D eigenvalue weighted by Crippen LogP contribution is 2.49. The van der Waals surface area contributed by atoms with Crippen molar-refractivity contribution in [2.45, 2.75) is 42.9 Å². The summed E-state index contributed by atoms with van der Waals surface area (Å²) in [6.45, 7) is 3.50. The van der Waals surface area contributed by atoms with Gasteiger partial charge in [-0.25, -0.2) is 0 Å². The molecule has 12 nitrogen and oxygen atoms in total. The molecule has 42 heavy (non-hydrogen) atoms. The van der Waals surface area contributed by atoms with Gasteiger partial charge in [-0.3, -0.25) is 19.4 Å². The molecule has 3 aromatic heterocycles. The molecule has 214 valence electrons. The molecule has 0 radical (unpaired) electrons. The number of thiophene rings is 1. The molecular formula is C29H28N8O4S. The van der Waals surface area contributed by atoms with E-state index in [-0.39, 0.29) is 34.4 Å². The van der Waals surface area contributed by atoms with Crippen molar-refractivity contribution < 1.29 is 19.1 Å². The first-order valence-corrected chi connectivity index (χ1v) is 14.1. The van der Waals surface area contributed by atoms with Crippen LogP contribution in [-0.4, -0.2) is 44.9 Å². The van der Waals surface area contributed by atoms with Crippen LogP contribution < -0.4 is 32.6 Å². The van der Waals surface area contributed by atoms with Crippen LogP contribution in [0.2, 0.25) is 0 Å². The summed E-state index contributed by atoms with van der Waals surface area (Å²) in [5.41, 5.74) is 19.6. The number of benzene rings is 1. The van der Waals surface area contributed by atoms with Crippen molar-refractivity contribution in [2.24, 2.45) is 11.5 Å². The Morgan fingerprint density at radius 2 is 1.93 bits per heavy atom. The third-order valence-electron chi connectivity index (χ3n) is 7.78. The lowest BCUT2D eigenvalue weighted by molar-refractivity contribution is -0.124. The van der Waals surface area contributed by atoms with Crippen LogP contribution in [0.3, 0.4) is 0 Å². The van der Waals surface area contributed by atoms with Crippen molar-refractivity contribution in [1.82, 2.24) is 25.8 Å². The molecule has 13 heteroatoms. The Kier molecular flexibility index (Phi) is 6.93. The number of nitrogens with zero attached hydrogens (tertiary/aromatic N) is 3. The summed E-state index contributed by atoms with van der Waals surface area (Å²) in [7, 11) is 0. The van der Waals surface area contributed by atoms with Gasteiger partial charge in [0.1, 0.15) is 11.3 Å². The van der Waals surface area contributed by atoms with Gasteiger partial charge in [0.25, 0.3) is 5.91 Å². The van der Waals surface area contributed by atoms with Gasteiger partial charge >= 0.3 is 0 Å².